The zero-order valence-corrected chi connectivity index (χ0v) is 7.16. The van der Waals surface area contributed by atoms with E-state index < -0.39 is 5.91 Å². The SMILES string of the molecule is Cc1cc(C#N)cc(C(N)=O)c1N. The van der Waals surface area contributed by atoms with E-state index >= 15 is 0 Å². The van der Waals surface area contributed by atoms with Gasteiger partial charge in [0.15, 0.2) is 0 Å². The monoisotopic (exact) mass is 175 g/mol. The minimum atomic E-state index is -0.613. The summed E-state index contributed by atoms with van der Waals surface area (Å²) in [5.41, 5.74) is 12.3. The zero-order chi connectivity index (χ0) is 10.0. The molecule has 4 N–H and O–H groups in total. The molecule has 1 aromatic rings. The molecular weight excluding hydrogens is 166 g/mol. The number of amides is 1. The largest absolute Gasteiger partial charge is 0.398 e. The second-order valence-electron chi connectivity index (χ2n) is 2.73. The molecule has 0 atom stereocenters. The fourth-order valence-corrected chi connectivity index (χ4v) is 1.07. The highest BCUT2D eigenvalue weighted by Crippen LogP contribution is 2.18. The molecule has 1 amide bonds. The average Bonchev–Trinajstić information content (AvgIpc) is 2.09. The summed E-state index contributed by atoms with van der Waals surface area (Å²) in [5, 5.41) is 8.62. The topological polar surface area (TPSA) is 92.9 Å². The number of carbonyl (C=O) groups excluding carboxylic acids is 1. The van der Waals surface area contributed by atoms with Gasteiger partial charge in [-0.25, -0.2) is 0 Å². The van der Waals surface area contributed by atoms with Crippen LogP contribution in [-0.4, -0.2) is 5.91 Å². The van der Waals surface area contributed by atoms with Gasteiger partial charge in [-0.2, -0.15) is 5.26 Å². The van der Waals surface area contributed by atoms with Gasteiger partial charge in [-0.05, 0) is 24.6 Å². The van der Waals surface area contributed by atoms with Crippen LogP contribution in [-0.2, 0) is 0 Å². The van der Waals surface area contributed by atoms with E-state index in [1.807, 2.05) is 6.07 Å². The lowest BCUT2D eigenvalue weighted by Crippen LogP contribution is -2.14. The van der Waals surface area contributed by atoms with E-state index in [4.69, 9.17) is 16.7 Å². The molecular formula is C9H9N3O. The highest BCUT2D eigenvalue weighted by atomic mass is 16.1. The maximum Gasteiger partial charge on any atom is 0.250 e. The fourth-order valence-electron chi connectivity index (χ4n) is 1.07. The van der Waals surface area contributed by atoms with Gasteiger partial charge >= 0.3 is 0 Å². The first kappa shape index (κ1) is 9.07. The first-order chi connectivity index (χ1) is 6.06. The lowest BCUT2D eigenvalue weighted by Gasteiger charge is -2.05. The molecule has 0 radical (unpaired) electrons. The molecule has 0 aromatic heterocycles. The second kappa shape index (κ2) is 3.15. The minimum Gasteiger partial charge on any atom is -0.398 e. The Labute approximate surface area is 75.8 Å². The normalized spacial score (nSPS) is 9.23. The van der Waals surface area contributed by atoms with Gasteiger partial charge in [0, 0.05) is 5.69 Å². The number of carbonyl (C=O) groups is 1. The van der Waals surface area contributed by atoms with Crippen molar-refractivity contribution in [2.45, 2.75) is 6.92 Å². The van der Waals surface area contributed by atoms with Gasteiger partial charge in [-0.3, -0.25) is 4.79 Å². The Morgan fingerprint density at radius 2 is 2.15 bits per heavy atom. The van der Waals surface area contributed by atoms with Crippen LogP contribution < -0.4 is 11.5 Å². The van der Waals surface area contributed by atoms with Crippen LogP contribution in [0, 0.1) is 18.3 Å². The van der Waals surface area contributed by atoms with Crippen LogP contribution in [0.2, 0.25) is 0 Å². The number of nitrogen functional groups attached to an aromatic ring is 1. The van der Waals surface area contributed by atoms with Crippen molar-refractivity contribution in [3.05, 3.63) is 28.8 Å². The van der Waals surface area contributed by atoms with Crippen LogP contribution in [0.25, 0.3) is 0 Å². The Hall–Kier alpha value is -2.02. The number of rotatable bonds is 1. The van der Waals surface area contributed by atoms with Crippen molar-refractivity contribution in [1.82, 2.24) is 0 Å². The number of hydrogen-bond donors (Lipinski definition) is 2. The van der Waals surface area contributed by atoms with Gasteiger partial charge in [0.2, 0.25) is 0 Å². The van der Waals surface area contributed by atoms with Crippen molar-refractivity contribution in [3.8, 4) is 6.07 Å². The maximum absolute atomic E-state index is 10.9. The van der Waals surface area contributed by atoms with Crippen LogP contribution in [0.4, 0.5) is 5.69 Å². The molecule has 0 heterocycles. The molecule has 0 aliphatic heterocycles. The molecule has 0 aliphatic carbocycles. The van der Waals surface area contributed by atoms with E-state index in [1.54, 1.807) is 13.0 Å². The molecule has 0 fully saturated rings. The fraction of sp³-hybridized carbons (Fsp3) is 0.111. The molecule has 13 heavy (non-hydrogen) atoms. The molecule has 4 heteroatoms. The summed E-state index contributed by atoms with van der Waals surface area (Å²) >= 11 is 0. The number of aryl methyl sites for hydroxylation is 1. The summed E-state index contributed by atoms with van der Waals surface area (Å²) < 4.78 is 0. The summed E-state index contributed by atoms with van der Waals surface area (Å²) in [5.74, 6) is -0.613. The van der Waals surface area contributed by atoms with Crippen LogP contribution in [0.3, 0.4) is 0 Å². The molecule has 0 spiro atoms. The molecule has 1 rings (SSSR count). The van der Waals surface area contributed by atoms with Crippen molar-refractivity contribution in [1.29, 1.82) is 5.26 Å². The summed E-state index contributed by atoms with van der Waals surface area (Å²) in [6.07, 6.45) is 0. The van der Waals surface area contributed by atoms with E-state index in [9.17, 15) is 4.79 Å². The first-order valence-corrected chi connectivity index (χ1v) is 3.66. The quantitative estimate of drug-likeness (QED) is 0.610. The number of nitrogens with zero attached hydrogens (tertiary/aromatic N) is 1. The van der Waals surface area contributed by atoms with E-state index in [0.29, 0.717) is 16.8 Å². The van der Waals surface area contributed by atoms with Gasteiger partial charge in [0.05, 0.1) is 17.2 Å². The smallest absolute Gasteiger partial charge is 0.250 e. The molecule has 66 valence electrons. The number of nitriles is 1. The van der Waals surface area contributed by atoms with Crippen molar-refractivity contribution in [2.24, 2.45) is 5.73 Å². The third kappa shape index (κ3) is 1.59. The second-order valence-corrected chi connectivity index (χ2v) is 2.73. The molecule has 1 aromatic carbocycles. The molecule has 0 saturated heterocycles. The minimum absolute atomic E-state index is 0.205. The van der Waals surface area contributed by atoms with E-state index in [2.05, 4.69) is 0 Å². The van der Waals surface area contributed by atoms with Gasteiger partial charge in [-0.15, -0.1) is 0 Å². The Balaban J connectivity index is 3.44. The molecule has 0 unspecified atom stereocenters. The van der Waals surface area contributed by atoms with Gasteiger partial charge in [-0.1, -0.05) is 0 Å². The van der Waals surface area contributed by atoms with E-state index in [1.165, 1.54) is 6.07 Å². The van der Waals surface area contributed by atoms with E-state index in [0.717, 1.165) is 0 Å². The van der Waals surface area contributed by atoms with Crippen molar-refractivity contribution in [2.75, 3.05) is 5.73 Å². The number of benzene rings is 1. The number of primary amides is 1. The Morgan fingerprint density at radius 1 is 1.54 bits per heavy atom. The summed E-state index contributed by atoms with van der Waals surface area (Å²) in [6, 6.07) is 4.93. The predicted molar refractivity (Wildman–Crippen MR) is 48.8 cm³/mol. The average molecular weight is 175 g/mol. The lowest BCUT2D eigenvalue weighted by molar-refractivity contribution is 0.100. The number of nitrogens with two attached hydrogens (primary N) is 2. The Morgan fingerprint density at radius 3 is 2.62 bits per heavy atom. The highest BCUT2D eigenvalue weighted by molar-refractivity contribution is 5.99. The summed E-state index contributed by atoms with van der Waals surface area (Å²) in [4.78, 5) is 10.9. The lowest BCUT2D eigenvalue weighted by atomic mass is 10.0. The third-order valence-corrected chi connectivity index (χ3v) is 1.78. The maximum atomic E-state index is 10.9. The predicted octanol–water partition coefficient (Wildman–Crippen LogP) is 0.548. The number of anilines is 1. The van der Waals surface area contributed by atoms with E-state index in [-0.39, 0.29) is 5.56 Å². The Bertz CT molecular complexity index is 404. The number of hydrogen-bond acceptors (Lipinski definition) is 3. The van der Waals surface area contributed by atoms with Gasteiger partial charge < -0.3 is 11.5 Å². The first-order valence-electron chi connectivity index (χ1n) is 3.66. The van der Waals surface area contributed by atoms with Gasteiger partial charge in [0.25, 0.3) is 5.91 Å². The molecule has 4 nitrogen and oxygen atoms in total. The van der Waals surface area contributed by atoms with Crippen molar-refractivity contribution in [3.63, 3.8) is 0 Å². The van der Waals surface area contributed by atoms with Crippen LogP contribution in [0.1, 0.15) is 21.5 Å². The van der Waals surface area contributed by atoms with Crippen LogP contribution in [0.5, 0.6) is 0 Å². The van der Waals surface area contributed by atoms with Crippen molar-refractivity contribution < 1.29 is 4.79 Å². The molecule has 0 aliphatic rings. The van der Waals surface area contributed by atoms with Crippen molar-refractivity contribution >= 4 is 11.6 Å². The van der Waals surface area contributed by atoms with Crippen LogP contribution in [0.15, 0.2) is 12.1 Å². The standard InChI is InChI=1S/C9H9N3O/c1-5-2-6(4-10)3-7(8(5)11)9(12)13/h2-3H,11H2,1H3,(H2,12,13). The van der Waals surface area contributed by atoms with Gasteiger partial charge in [0.1, 0.15) is 0 Å². The third-order valence-electron chi connectivity index (χ3n) is 1.78. The zero-order valence-electron chi connectivity index (χ0n) is 7.16. The summed E-state index contributed by atoms with van der Waals surface area (Å²) in [6.45, 7) is 1.72. The molecule has 0 saturated carbocycles. The Kier molecular flexibility index (Phi) is 2.20. The van der Waals surface area contributed by atoms with Crippen LogP contribution >= 0.6 is 0 Å². The highest BCUT2D eigenvalue weighted by Gasteiger charge is 2.09. The summed E-state index contributed by atoms with van der Waals surface area (Å²) in [7, 11) is 0. The molecule has 0 bridgehead atoms.